The molecule has 0 fully saturated rings. The number of ether oxygens (including phenoxy) is 1. The second-order valence-electron chi connectivity index (χ2n) is 5.35. The van der Waals surface area contributed by atoms with Crippen molar-refractivity contribution in [2.24, 2.45) is 0 Å². The standard InChI is InChI=1S/C18H17N5O3/c1-26-18(25)22-15-6-3-13(4-7-15)11-20-17(24)14-5-8-16(19-12-14)23-10-2-9-21-23/h2-10,12H,11H2,1H3,(H,20,24)(H,22,25). The van der Waals surface area contributed by atoms with Gasteiger partial charge in [0.2, 0.25) is 0 Å². The molecule has 2 aromatic heterocycles. The van der Waals surface area contributed by atoms with Gasteiger partial charge in [-0.2, -0.15) is 5.10 Å². The average Bonchev–Trinajstić information content (AvgIpc) is 3.22. The quantitative estimate of drug-likeness (QED) is 0.735. The molecule has 0 aliphatic rings. The van der Waals surface area contributed by atoms with E-state index in [0.717, 1.165) is 5.56 Å². The van der Waals surface area contributed by atoms with Gasteiger partial charge in [0.15, 0.2) is 5.82 Å². The highest BCUT2D eigenvalue weighted by molar-refractivity contribution is 5.93. The summed E-state index contributed by atoms with van der Waals surface area (Å²) in [6.45, 7) is 0.359. The number of anilines is 1. The Morgan fingerprint density at radius 3 is 2.58 bits per heavy atom. The van der Waals surface area contributed by atoms with Crippen LogP contribution in [0.15, 0.2) is 61.1 Å². The summed E-state index contributed by atoms with van der Waals surface area (Å²) in [6, 6.07) is 12.3. The lowest BCUT2D eigenvalue weighted by molar-refractivity contribution is 0.0950. The first-order valence-electron chi connectivity index (χ1n) is 7.84. The van der Waals surface area contributed by atoms with E-state index >= 15 is 0 Å². The van der Waals surface area contributed by atoms with E-state index in [0.29, 0.717) is 23.6 Å². The topological polar surface area (TPSA) is 98.1 Å². The number of amides is 2. The van der Waals surface area contributed by atoms with Crippen LogP contribution in [0.3, 0.4) is 0 Å². The van der Waals surface area contributed by atoms with E-state index in [1.807, 2.05) is 12.1 Å². The Morgan fingerprint density at radius 2 is 1.96 bits per heavy atom. The number of hydrogen-bond donors (Lipinski definition) is 2. The molecule has 0 aliphatic heterocycles. The zero-order chi connectivity index (χ0) is 18.4. The largest absolute Gasteiger partial charge is 0.453 e. The Morgan fingerprint density at radius 1 is 1.15 bits per heavy atom. The lowest BCUT2D eigenvalue weighted by Crippen LogP contribution is -2.23. The molecule has 0 unspecified atom stereocenters. The van der Waals surface area contributed by atoms with Crippen molar-refractivity contribution in [3.8, 4) is 5.82 Å². The number of nitrogens with one attached hydrogen (secondary N) is 2. The summed E-state index contributed by atoms with van der Waals surface area (Å²) in [6.07, 6.45) is 4.42. The van der Waals surface area contributed by atoms with Crippen molar-refractivity contribution < 1.29 is 14.3 Å². The number of hydrogen-bond acceptors (Lipinski definition) is 5. The smallest absolute Gasteiger partial charge is 0.411 e. The first-order chi connectivity index (χ1) is 12.7. The summed E-state index contributed by atoms with van der Waals surface area (Å²) < 4.78 is 6.14. The fourth-order valence-electron chi connectivity index (χ4n) is 2.22. The number of carbonyl (C=O) groups excluding carboxylic acids is 2. The molecule has 0 saturated carbocycles. The second-order valence-corrected chi connectivity index (χ2v) is 5.35. The van der Waals surface area contributed by atoms with E-state index in [-0.39, 0.29) is 5.91 Å². The van der Waals surface area contributed by atoms with Gasteiger partial charge in [-0.05, 0) is 35.9 Å². The Labute approximate surface area is 149 Å². The van der Waals surface area contributed by atoms with Crippen LogP contribution in [0.1, 0.15) is 15.9 Å². The Hall–Kier alpha value is -3.68. The first kappa shape index (κ1) is 17.2. The van der Waals surface area contributed by atoms with Gasteiger partial charge in [0, 0.05) is 30.8 Å². The molecular weight excluding hydrogens is 334 g/mol. The molecule has 2 amide bonds. The summed E-state index contributed by atoms with van der Waals surface area (Å²) in [4.78, 5) is 27.6. The van der Waals surface area contributed by atoms with Crippen molar-refractivity contribution in [2.45, 2.75) is 6.54 Å². The lowest BCUT2D eigenvalue weighted by Gasteiger charge is -2.08. The van der Waals surface area contributed by atoms with E-state index in [2.05, 4.69) is 25.5 Å². The van der Waals surface area contributed by atoms with Gasteiger partial charge in [-0.1, -0.05) is 12.1 Å². The van der Waals surface area contributed by atoms with Crippen molar-refractivity contribution in [2.75, 3.05) is 12.4 Å². The van der Waals surface area contributed by atoms with Gasteiger partial charge in [0.1, 0.15) is 0 Å². The van der Waals surface area contributed by atoms with Crippen LogP contribution in [0, 0.1) is 0 Å². The molecule has 1 aromatic carbocycles. The molecule has 3 aromatic rings. The van der Waals surface area contributed by atoms with Crippen LogP contribution in [0.25, 0.3) is 5.82 Å². The number of methoxy groups -OCH3 is 1. The third-order valence-corrected chi connectivity index (χ3v) is 3.59. The third-order valence-electron chi connectivity index (χ3n) is 3.59. The molecule has 0 atom stereocenters. The van der Waals surface area contributed by atoms with E-state index < -0.39 is 6.09 Å². The average molecular weight is 351 g/mol. The van der Waals surface area contributed by atoms with Crippen molar-refractivity contribution >= 4 is 17.7 Å². The molecule has 2 heterocycles. The summed E-state index contributed by atoms with van der Waals surface area (Å²) in [5, 5.41) is 9.48. The Kier molecular flexibility index (Phi) is 5.23. The molecule has 132 valence electrons. The molecule has 26 heavy (non-hydrogen) atoms. The Bertz CT molecular complexity index is 874. The van der Waals surface area contributed by atoms with Gasteiger partial charge in [-0.25, -0.2) is 14.5 Å². The van der Waals surface area contributed by atoms with Gasteiger partial charge in [-0.15, -0.1) is 0 Å². The van der Waals surface area contributed by atoms with E-state index in [1.165, 1.54) is 13.3 Å². The molecular formula is C18H17N5O3. The third kappa shape index (κ3) is 4.23. The van der Waals surface area contributed by atoms with Crippen LogP contribution in [-0.2, 0) is 11.3 Å². The molecule has 2 N–H and O–H groups in total. The zero-order valence-corrected chi connectivity index (χ0v) is 14.0. The van der Waals surface area contributed by atoms with Gasteiger partial charge in [0.25, 0.3) is 5.91 Å². The number of pyridine rings is 1. The van der Waals surface area contributed by atoms with E-state index in [4.69, 9.17) is 0 Å². The van der Waals surface area contributed by atoms with Crippen molar-refractivity contribution in [3.63, 3.8) is 0 Å². The van der Waals surface area contributed by atoms with Crippen molar-refractivity contribution in [3.05, 3.63) is 72.2 Å². The van der Waals surface area contributed by atoms with Crippen molar-refractivity contribution in [1.29, 1.82) is 0 Å². The van der Waals surface area contributed by atoms with Gasteiger partial charge >= 0.3 is 6.09 Å². The fraction of sp³-hybridized carbons (Fsp3) is 0.111. The number of rotatable bonds is 5. The van der Waals surface area contributed by atoms with Gasteiger partial charge in [-0.3, -0.25) is 10.1 Å². The normalized spacial score (nSPS) is 10.2. The maximum Gasteiger partial charge on any atom is 0.411 e. The van der Waals surface area contributed by atoms with Crippen LogP contribution >= 0.6 is 0 Å². The summed E-state index contributed by atoms with van der Waals surface area (Å²) in [7, 11) is 1.30. The predicted molar refractivity (Wildman–Crippen MR) is 95.0 cm³/mol. The number of nitrogens with zero attached hydrogens (tertiary/aromatic N) is 3. The van der Waals surface area contributed by atoms with Crippen molar-refractivity contribution in [1.82, 2.24) is 20.1 Å². The molecule has 8 heteroatoms. The summed E-state index contributed by atoms with van der Waals surface area (Å²) >= 11 is 0. The highest BCUT2D eigenvalue weighted by Gasteiger charge is 2.07. The monoisotopic (exact) mass is 351 g/mol. The maximum absolute atomic E-state index is 12.2. The number of aromatic nitrogens is 3. The van der Waals surface area contributed by atoms with E-state index in [1.54, 1.807) is 47.4 Å². The molecule has 0 aliphatic carbocycles. The van der Waals surface area contributed by atoms with Crippen LogP contribution in [0.2, 0.25) is 0 Å². The van der Waals surface area contributed by atoms with Crippen LogP contribution in [-0.4, -0.2) is 33.9 Å². The Balaban J connectivity index is 1.56. The number of carbonyl (C=O) groups is 2. The van der Waals surface area contributed by atoms with Crippen LogP contribution < -0.4 is 10.6 Å². The maximum atomic E-state index is 12.2. The lowest BCUT2D eigenvalue weighted by atomic mass is 10.2. The van der Waals surface area contributed by atoms with Crippen LogP contribution in [0.5, 0.6) is 0 Å². The fourth-order valence-corrected chi connectivity index (χ4v) is 2.22. The van der Waals surface area contributed by atoms with Gasteiger partial charge < -0.3 is 10.1 Å². The predicted octanol–water partition coefficient (Wildman–Crippen LogP) is 2.38. The first-order valence-corrected chi connectivity index (χ1v) is 7.84. The summed E-state index contributed by atoms with van der Waals surface area (Å²) in [5.74, 6) is 0.418. The molecule has 0 radical (unpaired) electrons. The minimum atomic E-state index is -0.530. The molecule has 0 bridgehead atoms. The summed E-state index contributed by atoms with van der Waals surface area (Å²) in [5.41, 5.74) is 1.98. The zero-order valence-electron chi connectivity index (χ0n) is 14.0. The second kappa shape index (κ2) is 7.93. The minimum Gasteiger partial charge on any atom is -0.453 e. The molecule has 0 saturated heterocycles. The molecule has 3 rings (SSSR count). The van der Waals surface area contributed by atoms with Gasteiger partial charge in [0.05, 0.1) is 12.7 Å². The number of benzene rings is 1. The minimum absolute atomic E-state index is 0.221. The van der Waals surface area contributed by atoms with Crippen LogP contribution in [0.4, 0.5) is 10.5 Å². The van der Waals surface area contributed by atoms with E-state index in [9.17, 15) is 9.59 Å². The molecule has 8 nitrogen and oxygen atoms in total. The highest BCUT2D eigenvalue weighted by atomic mass is 16.5. The SMILES string of the molecule is COC(=O)Nc1ccc(CNC(=O)c2ccc(-n3cccn3)nc2)cc1. The molecule has 0 spiro atoms. The highest BCUT2D eigenvalue weighted by Crippen LogP contribution is 2.10.